The highest BCUT2D eigenvalue weighted by molar-refractivity contribution is 7.08. The highest BCUT2D eigenvalue weighted by Crippen LogP contribution is 2.29. The summed E-state index contributed by atoms with van der Waals surface area (Å²) in [5.41, 5.74) is 1.20. The number of methoxy groups -OCH3 is 1. The summed E-state index contributed by atoms with van der Waals surface area (Å²) in [7, 11) is 1.55. The van der Waals surface area contributed by atoms with Crippen LogP contribution in [-0.4, -0.2) is 32.8 Å². The predicted octanol–water partition coefficient (Wildman–Crippen LogP) is 2.16. The lowest BCUT2D eigenvalue weighted by Crippen LogP contribution is -2.11. The van der Waals surface area contributed by atoms with Crippen LogP contribution >= 0.6 is 11.5 Å². The zero-order valence-electron chi connectivity index (χ0n) is 11.7. The Morgan fingerprint density at radius 1 is 1.27 bits per heavy atom. The van der Waals surface area contributed by atoms with E-state index >= 15 is 0 Å². The second-order valence-electron chi connectivity index (χ2n) is 4.25. The quantitative estimate of drug-likeness (QED) is 0.786. The Morgan fingerprint density at radius 3 is 2.82 bits per heavy atom. The van der Waals surface area contributed by atoms with Gasteiger partial charge in [-0.05, 0) is 30.6 Å². The summed E-state index contributed by atoms with van der Waals surface area (Å²) in [4.78, 5) is 12.4. The van der Waals surface area contributed by atoms with Crippen LogP contribution < -0.4 is 10.1 Å². The van der Waals surface area contributed by atoms with E-state index in [0.717, 1.165) is 11.5 Å². The Labute approximate surface area is 129 Å². The number of aryl methyl sites for hydroxylation is 1. The number of nitrogens with one attached hydrogen (secondary N) is 1. The maximum absolute atomic E-state index is 12.0. The monoisotopic (exact) mass is 317 g/mol. The van der Waals surface area contributed by atoms with Gasteiger partial charge in [-0.2, -0.15) is 0 Å². The SMILES string of the molecule is COc1ccccc1-c1nnc(NC(=O)c2snnc2C)o1. The van der Waals surface area contributed by atoms with Crippen molar-refractivity contribution in [3.8, 4) is 17.2 Å². The van der Waals surface area contributed by atoms with Crippen molar-refractivity contribution in [2.24, 2.45) is 0 Å². The van der Waals surface area contributed by atoms with Crippen molar-refractivity contribution < 1.29 is 13.9 Å². The van der Waals surface area contributed by atoms with E-state index in [1.54, 1.807) is 26.2 Å². The topological polar surface area (TPSA) is 103 Å². The van der Waals surface area contributed by atoms with Crippen molar-refractivity contribution >= 4 is 23.5 Å². The van der Waals surface area contributed by atoms with Crippen LogP contribution in [0.5, 0.6) is 5.75 Å². The van der Waals surface area contributed by atoms with Gasteiger partial charge < -0.3 is 9.15 Å². The summed E-state index contributed by atoms with van der Waals surface area (Å²) in [5.74, 6) is 0.473. The van der Waals surface area contributed by atoms with E-state index in [4.69, 9.17) is 9.15 Å². The van der Waals surface area contributed by atoms with Gasteiger partial charge >= 0.3 is 6.01 Å². The van der Waals surface area contributed by atoms with Crippen LogP contribution in [-0.2, 0) is 0 Å². The average molecular weight is 317 g/mol. The van der Waals surface area contributed by atoms with E-state index in [-0.39, 0.29) is 17.8 Å². The van der Waals surface area contributed by atoms with Crippen LogP contribution in [0.15, 0.2) is 28.7 Å². The number of amides is 1. The number of carbonyl (C=O) groups is 1. The fourth-order valence-electron chi connectivity index (χ4n) is 1.80. The van der Waals surface area contributed by atoms with Gasteiger partial charge in [0, 0.05) is 0 Å². The smallest absolute Gasteiger partial charge is 0.322 e. The van der Waals surface area contributed by atoms with Crippen LogP contribution in [0.3, 0.4) is 0 Å². The average Bonchev–Trinajstić information content (AvgIpc) is 3.16. The largest absolute Gasteiger partial charge is 0.496 e. The molecule has 0 unspecified atom stereocenters. The molecule has 9 heteroatoms. The molecule has 0 bridgehead atoms. The molecule has 2 aromatic heterocycles. The van der Waals surface area contributed by atoms with Gasteiger partial charge in [-0.1, -0.05) is 21.7 Å². The fraction of sp³-hybridized carbons (Fsp3) is 0.154. The van der Waals surface area contributed by atoms with Gasteiger partial charge in [-0.15, -0.1) is 10.2 Å². The normalized spacial score (nSPS) is 10.5. The van der Waals surface area contributed by atoms with Crippen LogP contribution in [0.2, 0.25) is 0 Å². The molecule has 0 aliphatic heterocycles. The molecule has 1 amide bonds. The first kappa shape index (κ1) is 14.1. The second-order valence-corrected chi connectivity index (χ2v) is 5.01. The van der Waals surface area contributed by atoms with Gasteiger partial charge in [0.2, 0.25) is 0 Å². The number of rotatable bonds is 4. The van der Waals surface area contributed by atoms with Crippen molar-refractivity contribution in [1.29, 1.82) is 0 Å². The maximum Gasteiger partial charge on any atom is 0.322 e. The van der Waals surface area contributed by atoms with Crippen molar-refractivity contribution in [3.05, 3.63) is 34.8 Å². The number of hydrogen-bond acceptors (Lipinski definition) is 8. The molecule has 0 radical (unpaired) electrons. The molecule has 8 nitrogen and oxygen atoms in total. The van der Waals surface area contributed by atoms with Crippen LogP contribution in [0.4, 0.5) is 6.01 Å². The molecule has 2 heterocycles. The Hall–Kier alpha value is -2.81. The highest BCUT2D eigenvalue weighted by Gasteiger charge is 2.18. The molecule has 3 rings (SSSR count). The van der Waals surface area contributed by atoms with Crippen LogP contribution in [0, 0.1) is 6.92 Å². The molecule has 0 aliphatic rings. The minimum atomic E-state index is -0.386. The minimum absolute atomic E-state index is 0.00120. The third-order valence-electron chi connectivity index (χ3n) is 2.84. The minimum Gasteiger partial charge on any atom is -0.496 e. The van der Waals surface area contributed by atoms with Gasteiger partial charge in [0.25, 0.3) is 11.8 Å². The van der Waals surface area contributed by atoms with E-state index in [1.807, 2.05) is 12.1 Å². The molecule has 0 saturated carbocycles. The van der Waals surface area contributed by atoms with E-state index in [9.17, 15) is 4.79 Å². The van der Waals surface area contributed by atoms with E-state index in [1.165, 1.54) is 0 Å². The number of carbonyl (C=O) groups excluding carboxylic acids is 1. The molecule has 22 heavy (non-hydrogen) atoms. The highest BCUT2D eigenvalue weighted by atomic mass is 32.1. The Kier molecular flexibility index (Phi) is 3.79. The summed E-state index contributed by atoms with van der Waals surface area (Å²) >= 11 is 1.00. The lowest BCUT2D eigenvalue weighted by atomic mass is 10.2. The molecule has 0 aliphatic carbocycles. The first-order chi connectivity index (χ1) is 10.7. The Bertz CT molecular complexity index is 813. The first-order valence-corrected chi connectivity index (χ1v) is 7.03. The summed E-state index contributed by atoms with van der Waals surface area (Å²) < 4.78 is 14.4. The van der Waals surface area contributed by atoms with Gasteiger partial charge in [0.1, 0.15) is 10.6 Å². The number of hydrogen-bond donors (Lipinski definition) is 1. The van der Waals surface area contributed by atoms with Crippen LogP contribution in [0.1, 0.15) is 15.4 Å². The summed E-state index contributed by atoms with van der Waals surface area (Å²) in [6, 6.07) is 7.23. The molecule has 0 saturated heterocycles. The molecule has 0 spiro atoms. The van der Waals surface area contributed by atoms with Crippen LogP contribution in [0.25, 0.3) is 11.5 Å². The zero-order chi connectivity index (χ0) is 15.5. The number of aromatic nitrogens is 4. The number of nitrogens with zero attached hydrogens (tertiary/aromatic N) is 4. The van der Waals surface area contributed by atoms with Gasteiger partial charge in [-0.3, -0.25) is 10.1 Å². The fourth-order valence-corrected chi connectivity index (χ4v) is 2.35. The maximum atomic E-state index is 12.0. The van der Waals surface area contributed by atoms with Crippen molar-refractivity contribution in [2.45, 2.75) is 6.92 Å². The number of ether oxygens (including phenoxy) is 1. The Balaban J connectivity index is 1.82. The van der Waals surface area contributed by atoms with Crippen molar-refractivity contribution in [3.63, 3.8) is 0 Å². The zero-order valence-corrected chi connectivity index (χ0v) is 12.5. The first-order valence-electron chi connectivity index (χ1n) is 6.26. The van der Waals surface area contributed by atoms with Crippen molar-refractivity contribution in [2.75, 3.05) is 12.4 Å². The lowest BCUT2D eigenvalue weighted by molar-refractivity contribution is 0.102. The third-order valence-corrected chi connectivity index (χ3v) is 3.67. The molecular formula is C13H11N5O3S. The molecule has 1 aromatic carbocycles. The number of para-hydroxylation sites is 1. The van der Waals surface area contributed by atoms with Gasteiger partial charge in [0.15, 0.2) is 0 Å². The van der Waals surface area contributed by atoms with E-state index in [2.05, 4.69) is 25.1 Å². The number of anilines is 1. The molecule has 0 fully saturated rings. The standard InChI is InChI=1S/C13H11N5O3S/c1-7-10(22-18-15-7)11(19)14-13-17-16-12(21-13)8-5-3-4-6-9(8)20-2/h3-6H,1-2H3,(H,14,17,19). The molecule has 1 N–H and O–H groups in total. The Morgan fingerprint density at radius 2 is 2.09 bits per heavy atom. The summed E-state index contributed by atoms with van der Waals surface area (Å²) in [6.07, 6.45) is 0. The molecule has 112 valence electrons. The predicted molar refractivity (Wildman–Crippen MR) is 78.9 cm³/mol. The molecule has 0 atom stereocenters. The molecule has 3 aromatic rings. The lowest BCUT2D eigenvalue weighted by Gasteiger charge is -2.03. The van der Waals surface area contributed by atoms with Gasteiger partial charge in [0.05, 0.1) is 18.4 Å². The van der Waals surface area contributed by atoms with Gasteiger partial charge in [-0.25, -0.2) is 0 Å². The second kappa shape index (κ2) is 5.90. The number of benzene rings is 1. The van der Waals surface area contributed by atoms with Crippen molar-refractivity contribution in [1.82, 2.24) is 19.8 Å². The third kappa shape index (κ3) is 2.66. The summed E-state index contributed by atoms with van der Waals surface area (Å²) in [5, 5.41) is 14.0. The van der Waals surface area contributed by atoms with E-state index in [0.29, 0.717) is 21.9 Å². The molecular weight excluding hydrogens is 306 g/mol. The summed E-state index contributed by atoms with van der Waals surface area (Å²) in [6.45, 7) is 1.70. The van der Waals surface area contributed by atoms with E-state index < -0.39 is 0 Å².